The van der Waals surface area contributed by atoms with E-state index < -0.39 is 0 Å². The van der Waals surface area contributed by atoms with Crippen LogP contribution in [0.15, 0.2) is 47.3 Å². The molecule has 1 aromatic heterocycles. The van der Waals surface area contributed by atoms with Crippen molar-refractivity contribution >= 4 is 16.7 Å². The molecule has 0 aliphatic heterocycles. The second-order valence-electron chi connectivity index (χ2n) is 5.71. The van der Waals surface area contributed by atoms with Gasteiger partial charge in [0, 0.05) is 24.1 Å². The molecule has 0 fully saturated rings. The zero-order chi connectivity index (χ0) is 18.7. The van der Waals surface area contributed by atoms with Crippen molar-refractivity contribution in [3.05, 3.63) is 64.1 Å². The molecule has 1 N–H and O–H groups in total. The summed E-state index contributed by atoms with van der Waals surface area (Å²) in [5.74, 6) is 0.766. The quantitative estimate of drug-likeness (QED) is 0.757. The highest BCUT2D eigenvalue weighted by Crippen LogP contribution is 2.22. The van der Waals surface area contributed by atoms with Crippen molar-refractivity contribution in [2.45, 2.75) is 6.54 Å². The first kappa shape index (κ1) is 17.5. The van der Waals surface area contributed by atoms with Gasteiger partial charge in [-0.05, 0) is 18.2 Å². The Morgan fingerprint density at radius 1 is 1.08 bits per heavy atom. The number of rotatable bonds is 5. The molecule has 0 aliphatic carbocycles. The summed E-state index contributed by atoms with van der Waals surface area (Å²) in [5.41, 5.74) is 0.856. The van der Waals surface area contributed by atoms with E-state index in [1.807, 2.05) is 12.1 Å². The summed E-state index contributed by atoms with van der Waals surface area (Å²) in [4.78, 5) is 24.7. The molecule has 1 amide bonds. The lowest BCUT2D eigenvalue weighted by molar-refractivity contribution is 0.0949. The summed E-state index contributed by atoms with van der Waals surface area (Å²) in [6.45, 7) is 0.187. The monoisotopic (exact) mass is 353 g/mol. The Morgan fingerprint density at radius 2 is 1.69 bits per heavy atom. The van der Waals surface area contributed by atoms with Gasteiger partial charge in [-0.15, -0.1) is 0 Å². The number of amides is 1. The molecule has 0 aliphatic rings. The third-order valence-electron chi connectivity index (χ3n) is 4.06. The first-order valence-corrected chi connectivity index (χ1v) is 7.99. The van der Waals surface area contributed by atoms with E-state index in [9.17, 15) is 9.59 Å². The Labute approximate surface area is 150 Å². The summed E-state index contributed by atoms with van der Waals surface area (Å²) in [6.07, 6.45) is 0. The molecule has 134 valence electrons. The number of benzene rings is 2. The van der Waals surface area contributed by atoms with Crippen LogP contribution in [0, 0.1) is 0 Å². The van der Waals surface area contributed by atoms with Crippen LogP contribution in [0.2, 0.25) is 0 Å². The van der Waals surface area contributed by atoms with Crippen molar-refractivity contribution in [1.82, 2.24) is 15.1 Å². The van der Waals surface area contributed by atoms with Crippen molar-refractivity contribution in [2.24, 2.45) is 7.05 Å². The van der Waals surface area contributed by atoms with Gasteiger partial charge in [0.25, 0.3) is 11.5 Å². The molecule has 0 radical (unpaired) electrons. The standard InChI is InChI=1S/C19H19N3O4/c1-22-19(24)16-7-5-4-6-15(16)17(21-22)11-20-18(23)12-8-13(25-2)10-14(9-12)26-3/h4-10H,11H2,1-3H3,(H,20,23). The molecule has 3 aromatic rings. The van der Waals surface area contributed by atoms with Crippen molar-refractivity contribution < 1.29 is 14.3 Å². The van der Waals surface area contributed by atoms with Crippen LogP contribution >= 0.6 is 0 Å². The predicted molar refractivity (Wildman–Crippen MR) is 97.7 cm³/mol. The maximum atomic E-state index is 12.5. The van der Waals surface area contributed by atoms with Crippen molar-refractivity contribution in [2.75, 3.05) is 14.2 Å². The molecule has 2 aromatic carbocycles. The second kappa shape index (κ2) is 7.26. The van der Waals surface area contributed by atoms with Gasteiger partial charge >= 0.3 is 0 Å². The Kier molecular flexibility index (Phi) is 4.88. The molecule has 0 saturated carbocycles. The van der Waals surface area contributed by atoms with Crippen LogP contribution in [0.5, 0.6) is 11.5 Å². The predicted octanol–water partition coefficient (Wildman–Crippen LogP) is 1.88. The molecule has 3 rings (SSSR count). The number of aryl methyl sites for hydroxylation is 1. The summed E-state index contributed by atoms with van der Waals surface area (Å²) in [5, 5.41) is 8.39. The fourth-order valence-electron chi connectivity index (χ4n) is 2.71. The van der Waals surface area contributed by atoms with Gasteiger partial charge in [-0.3, -0.25) is 9.59 Å². The van der Waals surface area contributed by atoms with Crippen LogP contribution in [0.25, 0.3) is 10.8 Å². The topological polar surface area (TPSA) is 82.4 Å². The zero-order valence-electron chi connectivity index (χ0n) is 14.8. The van der Waals surface area contributed by atoms with Gasteiger partial charge in [0.2, 0.25) is 0 Å². The van der Waals surface area contributed by atoms with Crippen LogP contribution in [-0.2, 0) is 13.6 Å². The minimum absolute atomic E-state index is 0.173. The van der Waals surface area contributed by atoms with E-state index in [0.717, 1.165) is 5.39 Å². The summed E-state index contributed by atoms with van der Waals surface area (Å²) < 4.78 is 11.6. The largest absolute Gasteiger partial charge is 0.497 e. The Morgan fingerprint density at radius 3 is 2.31 bits per heavy atom. The highest BCUT2D eigenvalue weighted by Gasteiger charge is 2.12. The van der Waals surface area contributed by atoms with Crippen LogP contribution in [0.3, 0.4) is 0 Å². The average Bonchev–Trinajstić information content (AvgIpc) is 2.68. The molecule has 0 spiro atoms. The molecular weight excluding hydrogens is 334 g/mol. The molecule has 1 heterocycles. The zero-order valence-corrected chi connectivity index (χ0v) is 14.8. The molecule has 0 saturated heterocycles. The number of hydrogen-bond acceptors (Lipinski definition) is 5. The van der Waals surface area contributed by atoms with Gasteiger partial charge in [-0.1, -0.05) is 18.2 Å². The van der Waals surface area contributed by atoms with Crippen LogP contribution in [0.1, 0.15) is 16.1 Å². The molecule has 0 unspecified atom stereocenters. The number of carbonyl (C=O) groups is 1. The first-order chi connectivity index (χ1) is 12.5. The smallest absolute Gasteiger partial charge is 0.274 e. The van der Waals surface area contributed by atoms with Crippen LogP contribution in [-0.4, -0.2) is 29.9 Å². The van der Waals surface area contributed by atoms with Crippen molar-refractivity contribution in [3.63, 3.8) is 0 Å². The number of aromatic nitrogens is 2. The number of hydrogen-bond donors (Lipinski definition) is 1. The molecule has 0 bridgehead atoms. The molecular formula is C19H19N3O4. The Balaban J connectivity index is 1.88. The average molecular weight is 353 g/mol. The maximum Gasteiger partial charge on any atom is 0.274 e. The van der Waals surface area contributed by atoms with E-state index in [4.69, 9.17) is 9.47 Å². The molecule has 7 heteroatoms. The minimum atomic E-state index is -0.290. The van der Waals surface area contributed by atoms with E-state index in [-0.39, 0.29) is 18.0 Å². The summed E-state index contributed by atoms with van der Waals surface area (Å²) in [7, 11) is 4.64. The second-order valence-corrected chi connectivity index (χ2v) is 5.71. The number of nitrogens with one attached hydrogen (secondary N) is 1. The van der Waals surface area contributed by atoms with E-state index in [0.29, 0.717) is 28.1 Å². The third kappa shape index (κ3) is 3.37. The number of nitrogens with zero attached hydrogens (tertiary/aromatic N) is 2. The van der Waals surface area contributed by atoms with Gasteiger partial charge in [-0.2, -0.15) is 5.10 Å². The number of fused-ring (bicyclic) bond motifs is 1. The SMILES string of the molecule is COc1cc(OC)cc(C(=O)NCc2nn(C)c(=O)c3ccccc23)c1. The van der Waals surface area contributed by atoms with Gasteiger partial charge in [0.15, 0.2) is 0 Å². The van der Waals surface area contributed by atoms with Gasteiger partial charge in [0.1, 0.15) is 11.5 Å². The highest BCUT2D eigenvalue weighted by atomic mass is 16.5. The van der Waals surface area contributed by atoms with E-state index in [1.165, 1.54) is 18.9 Å². The van der Waals surface area contributed by atoms with Crippen LogP contribution in [0.4, 0.5) is 0 Å². The first-order valence-electron chi connectivity index (χ1n) is 7.99. The lowest BCUT2D eigenvalue weighted by Crippen LogP contribution is -2.27. The maximum absolute atomic E-state index is 12.5. The van der Waals surface area contributed by atoms with Gasteiger partial charge < -0.3 is 14.8 Å². The fraction of sp³-hybridized carbons (Fsp3) is 0.211. The summed E-state index contributed by atoms with van der Waals surface area (Å²) in [6, 6.07) is 12.2. The Bertz CT molecular complexity index is 1000. The third-order valence-corrected chi connectivity index (χ3v) is 4.06. The number of carbonyl (C=O) groups excluding carboxylic acids is 1. The van der Waals surface area contributed by atoms with Gasteiger partial charge in [0.05, 0.1) is 31.8 Å². The minimum Gasteiger partial charge on any atom is -0.497 e. The summed E-state index contributed by atoms with van der Waals surface area (Å²) >= 11 is 0. The molecule has 7 nitrogen and oxygen atoms in total. The van der Waals surface area contributed by atoms with Gasteiger partial charge in [-0.25, -0.2) is 4.68 Å². The lowest BCUT2D eigenvalue weighted by Gasteiger charge is -2.11. The molecule has 0 atom stereocenters. The molecule has 26 heavy (non-hydrogen) atoms. The normalized spacial score (nSPS) is 10.6. The van der Waals surface area contributed by atoms with E-state index in [2.05, 4.69) is 10.4 Å². The fourth-order valence-corrected chi connectivity index (χ4v) is 2.71. The van der Waals surface area contributed by atoms with E-state index in [1.54, 1.807) is 37.4 Å². The number of methoxy groups -OCH3 is 2. The van der Waals surface area contributed by atoms with Crippen LogP contribution < -0.4 is 20.3 Å². The Hall–Kier alpha value is -3.35. The number of ether oxygens (including phenoxy) is 2. The van der Waals surface area contributed by atoms with Crippen molar-refractivity contribution in [3.8, 4) is 11.5 Å². The lowest BCUT2D eigenvalue weighted by atomic mass is 10.1. The van der Waals surface area contributed by atoms with E-state index >= 15 is 0 Å². The van der Waals surface area contributed by atoms with Crippen molar-refractivity contribution in [1.29, 1.82) is 0 Å². The highest BCUT2D eigenvalue weighted by molar-refractivity contribution is 5.95.